The van der Waals surface area contributed by atoms with E-state index >= 15 is 0 Å². The highest BCUT2D eigenvalue weighted by Gasteiger charge is 2.26. The lowest BCUT2D eigenvalue weighted by atomic mass is 10.0. The zero-order valence-electron chi connectivity index (χ0n) is 14.7. The first-order valence-electron chi connectivity index (χ1n) is 8.54. The summed E-state index contributed by atoms with van der Waals surface area (Å²) in [5.41, 5.74) is 1.71. The fourth-order valence-electron chi connectivity index (χ4n) is 3.27. The van der Waals surface area contributed by atoms with Crippen LogP contribution in [-0.4, -0.2) is 59.2 Å². The van der Waals surface area contributed by atoms with Crippen LogP contribution < -0.4 is 5.32 Å². The van der Waals surface area contributed by atoms with Gasteiger partial charge in [-0.15, -0.1) is 0 Å². The van der Waals surface area contributed by atoms with Crippen molar-refractivity contribution in [2.75, 3.05) is 30.4 Å². The van der Waals surface area contributed by atoms with Gasteiger partial charge in [0.25, 0.3) is 0 Å². The van der Waals surface area contributed by atoms with E-state index in [2.05, 4.69) is 15.4 Å². The molecule has 1 atom stereocenters. The second kappa shape index (κ2) is 7.86. The summed E-state index contributed by atoms with van der Waals surface area (Å²) < 4.78 is 24.7. The molecule has 2 amide bonds. The predicted molar refractivity (Wildman–Crippen MR) is 98.6 cm³/mol. The van der Waals surface area contributed by atoms with Gasteiger partial charge in [0, 0.05) is 25.0 Å². The summed E-state index contributed by atoms with van der Waals surface area (Å²) in [7, 11) is -3.03. The van der Waals surface area contributed by atoms with Gasteiger partial charge in [0.15, 0.2) is 0 Å². The molecule has 8 nitrogen and oxygen atoms in total. The molecule has 1 aromatic heterocycles. The Labute approximate surface area is 153 Å². The number of urea groups is 1. The fraction of sp³-hybridized carbons (Fsp3) is 0.471. The Hall–Kier alpha value is -2.42. The summed E-state index contributed by atoms with van der Waals surface area (Å²) in [4.78, 5) is 18.2. The van der Waals surface area contributed by atoms with Gasteiger partial charge in [-0.3, -0.25) is 0 Å². The summed E-state index contributed by atoms with van der Waals surface area (Å²) in [5, 5.41) is 6.98. The fourth-order valence-corrected chi connectivity index (χ4v) is 4.39. The third-order valence-corrected chi connectivity index (χ3v) is 5.41. The molecular formula is C17H23N5O3S. The Morgan fingerprint density at radius 3 is 2.96 bits per heavy atom. The number of carbonyl (C=O) groups is 1. The Morgan fingerprint density at radius 1 is 1.38 bits per heavy atom. The number of nitrogens with one attached hydrogen (secondary N) is 1. The van der Waals surface area contributed by atoms with Crippen molar-refractivity contribution in [3.8, 4) is 0 Å². The maximum Gasteiger partial charge on any atom is 0.321 e. The molecule has 1 N–H and O–H groups in total. The number of amides is 2. The molecule has 0 aliphatic carbocycles. The second-order valence-corrected chi connectivity index (χ2v) is 8.96. The number of likely N-dealkylation sites (tertiary alicyclic amines) is 1. The van der Waals surface area contributed by atoms with E-state index in [4.69, 9.17) is 0 Å². The van der Waals surface area contributed by atoms with Crippen LogP contribution in [0.4, 0.5) is 10.5 Å². The number of sulfone groups is 1. The summed E-state index contributed by atoms with van der Waals surface area (Å²) in [6.45, 7) is 1.69. The molecule has 1 saturated heterocycles. The van der Waals surface area contributed by atoms with Crippen molar-refractivity contribution in [2.45, 2.75) is 19.4 Å². The van der Waals surface area contributed by atoms with E-state index in [0.29, 0.717) is 25.3 Å². The van der Waals surface area contributed by atoms with E-state index in [0.717, 1.165) is 18.4 Å². The van der Waals surface area contributed by atoms with Crippen LogP contribution >= 0.6 is 0 Å². The van der Waals surface area contributed by atoms with Gasteiger partial charge in [-0.25, -0.2) is 22.9 Å². The number of anilines is 1. The number of rotatable bonds is 5. The van der Waals surface area contributed by atoms with Gasteiger partial charge in [-0.1, -0.05) is 12.1 Å². The average molecular weight is 377 g/mol. The first-order valence-corrected chi connectivity index (χ1v) is 10.6. The molecule has 3 rings (SSSR count). The number of piperidine rings is 1. The summed E-state index contributed by atoms with van der Waals surface area (Å²) in [6.07, 6.45) is 6.02. The topological polar surface area (TPSA) is 97.2 Å². The van der Waals surface area contributed by atoms with Crippen LogP contribution in [0.2, 0.25) is 0 Å². The molecule has 0 unspecified atom stereocenters. The summed E-state index contributed by atoms with van der Waals surface area (Å²) in [5.74, 6) is 0.132. The van der Waals surface area contributed by atoms with Crippen LogP contribution in [0.1, 0.15) is 18.4 Å². The van der Waals surface area contributed by atoms with E-state index in [-0.39, 0.29) is 17.7 Å². The Morgan fingerprint density at radius 2 is 2.23 bits per heavy atom. The molecule has 0 bridgehead atoms. The van der Waals surface area contributed by atoms with Crippen molar-refractivity contribution < 1.29 is 13.2 Å². The quantitative estimate of drug-likeness (QED) is 0.854. The predicted octanol–water partition coefficient (Wildman–Crippen LogP) is 1.61. The lowest BCUT2D eigenvalue weighted by Gasteiger charge is -2.32. The minimum absolute atomic E-state index is 0.00292. The van der Waals surface area contributed by atoms with Gasteiger partial charge >= 0.3 is 6.03 Å². The van der Waals surface area contributed by atoms with E-state index in [9.17, 15) is 13.2 Å². The van der Waals surface area contributed by atoms with Crippen LogP contribution in [-0.2, 0) is 16.4 Å². The lowest BCUT2D eigenvalue weighted by molar-refractivity contribution is 0.183. The first kappa shape index (κ1) is 18.4. The minimum Gasteiger partial charge on any atom is -0.324 e. The van der Waals surface area contributed by atoms with Crippen molar-refractivity contribution in [2.24, 2.45) is 5.92 Å². The molecule has 1 aliphatic heterocycles. The van der Waals surface area contributed by atoms with Crippen LogP contribution in [0.3, 0.4) is 0 Å². The lowest BCUT2D eigenvalue weighted by Crippen LogP contribution is -2.43. The number of aromatic nitrogens is 3. The summed E-state index contributed by atoms with van der Waals surface area (Å²) in [6, 6.07) is 7.38. The largest absolute Gasteiger partial charge is 0.324 e. The molecule has 2 heterocycles. The highest BCUT2D eigenvalue weighted by atomic mass is 32.2. The Bertz CT molecular complexity index is 851. The van der Waals surface area contributed by atoms with Gasteiger partial charge in [0.05, 0.1) is 12.3 Å². The second-order valence-electron chi connectivity index (χ2n) is 6.77. The number of benzene rings is 1. The Kier molecular flexibility index (Phi) is 5.55. The van der Waals surface area contributed by atoms with Gasteiger partial charge < -0.3 is 10.2 Å². The standard InChI is InChI=1S/C17H23N5O3S/c1-26(24,25)11-15-5-3-7-21(9-15)17(23)20-16-6-2-4-14(8-16)10-22-13-18-12-19-22/h2,4,6,8,12-13,15H,3,5,7,9-11H2,1H3,(H,20,23)/t15-/m0/s1. The van der Waals surface area contributed by atoms with Crippen LogP contribution in [0.15, 0.2) is 36.9 Å². The molecule has 140 valence electrons. The zero-order valence-corrected chi connectivity index (χ0v) is 15.5. The van der Waals surface area contributed by atoms with Crippen molar-refractivity contribution >= 4 is 21.6 Å². The van der Waals surface area contributed by atoms with Crippen LogP contribution in [0.25, 0.3) is 0 Å². The number of carbonyl (C=O) groups excluding carboxylic acids is 1. The third kappa shape index (κ3) is 5.29. The van der Waals surface area contributed by atoms with Crippen molar-refractivity contribution in [3.63, 3.8) is 0 Å². The van der Waals surface area contributed by atoms with Gasteiger partial charge in [0.1, 0.15) is 22.5 Å². The number of hydrogen-bond donors (Lipinski definition) is 1. The van der Waals surface area contributed by atoms with Gasteiger partial charge in [-0.2, -0.15) is 5.10 Å². The molecule has 0 spiro atoms. The first-order chi connectivity index (χ1) is 12.4. The minimum atomic E-state index is -3.03. The molecule has 1 aromatic carbocycles. The highest BCUT2D eigenvalue weighted by molar-refractivity contribution is 7.90. The smallest absolute Gasteiger partial charge is 0.321 e. The normalized spacial score (nSPS) is 17.9. The molecule has 2 aromatic rings. The molecular weight excluding hydrogens is 354 g/mol. The monoisotopic (exact) mass is 377 g/mol. The van der Waals surface area contributed by atoms with Crippen LogP contribution in [0.5, 0.6) is 0 Å². The number of nitrogens with zero attached hydrogens (tertiary/aromatic N) is 4. The van der Waals surface area contributed by atoms with Crippen molar-refractivity contribution in [1.82, 2.24) is 19.7 Å². The summed E-state index contributed by atoms with van der Waals surface area (Å²) >= 11 is 0. The number of hydrogen-bond acceptors (Lipinski definition) is 5. The van der Waals surface area contributed by atoms with Crippen molar-refractivity contribution in [1.29, 1.82) is 0 Å². The zero-order chi connectivity index (χ0) is 18.6. The Balaban J connectivity index is 1.60. The SMILES string of the molecule is CS(=O)(=O)C[C@H]1CCCN(C(=O)Nc2cccc(Cn3cncn3)c2)C1. The highest BCUT2D eigenvalue weighted by Crippen LogP contribution is 2.19. The molecule has 1 aliphatic rings. The maximum atomic E-state index is 12.5. The van der Waals surface area contributed by atoms with E-state index < -0.39 is 9.84 Å². The molecule has 1 fully saturated rings. The van der Waals surface area contributed by atoms with E-state index in [1.165, 1.54) is 12.6 Å². The van der Waals surface area contributed by atoms with E-state index in [1.807, 2.05) is 24.3 Å². The van der Waals surface area contributed by atoms with E-state index in [1.54, 1.807) is 15.9 Å². The average Bonchev–Trinajstić information content (AvgIpc) is 3.07. The van der Waals surface area contributed by atoms with Gasteiger partial charge in [0.2, 0.25) is 0 Å². The van der Waals surface area contributed by atoms with Crippen LogP contribution in [0, 0.1) is 5.92 Å². The maximum absolute atomic E-state index is 12.5. The van der Waals surface area contributed by atoms with Crippen molar-refractivity contribution in [3.05, 3.63) is 42.5 Å². The molecule has 26 heavy (non-hydrogen) atoms. The molecule has 0 saturated carbocycles. The molecule has 9 heteroatoms. The molecule has 0 radical (unpaired) electrons. The third-order valence-electron chi connectivity index (χ3n) is 4.33. The van der Waals surface area contributed by atoms with Gasteiger partial charge in [-0.05, 0) is 36.5 Å².